The Morgan fingerprint density at radius 2 is 1.93 bits per heavy atom. The number of aromatic nitrogens is 2. The number of carbonyl (C=O) groups is 1. The number of anilines is 1. The number of para-hydroxylation sites is 1. The van der Waals surface area contributed by atoms with Crippen molar-refractivity contribution in [3.63, 3.8) is 0 Å². The molecule has 0 atom stereocenters. The van der Waals surface area contributed by atoms with Crippen molar-refractivity contribution >= 4 is 48.5 Å². The van der Waals surface area contributed by atoms with E-state index in [1.807, 2.05) is 30.5 Å². The van der Waals surface area contributed by atoms with Crippen LogP contribution in [-0.2, 0) is 23.0 Å². The van der Waals surface area contributed by atoms with E-state index in [4.69, 9.17) is 9.40 Å². The minimum absolute atomic E-state index is 0.135. The highest BCUT2D eigenvalue weighted by atomic mass is 79.9. The van der Waals surface area contributed by atoms with Crippen molar-refractivity contribution in [1.29, 1.82) is 0 Å². The Balaban J connectivity index is 1.53. The van der Waals surface area contributed by atoms with Crippen LogP contribution in [0, 0.1) is 12.8 Å². The summed E-state index contributed by atoms with van der Waals surface area (Å²) in [6, 6.07) is 11.1. The normalized spacial score (nSPS) is 14.1. The van der Waals surface area contributed by atoms with E-state index in [1.54, 1.807) is 16.9 Å². The molecule has 1 aliphatic rings. The number of alkyl halides is 3. The standard InChI is InChI=1S/C27H26BrF3N4O4S/c1-3-32-26(36)24-15(2)33-22(13-16-8-9-16)35(24)14-17-10-11-21-19(12-17)23(28)25(39-21)18-6-4-5-7-20(18)34-40(37,38)27(29,30)31/h4-7,10-12,16,34H,3,8-9,13-14H2,1-2H3,(H,32,36). The largest absolute Gasteiger partial charge is 0.516 e. The summed E-state index contributed by atoms with van der Waals surface area (Å²) in [5.41, 5.74) is -3.14. The quantitative estimate of drug-likeness (QED) is 0.221. The summed E-state index contributed by atoms with van der Waals surface area (Å²) >= 11 is 3.50. The van der Waals surface area contributed by atoms with Gasteiger partial charge in [0.1, 0.15) is 17.1 Å². The van der Waals surface area contributed by atoms with Gasteiger partial charge in [0.25, 0.3) is 5.91 Å². The van der Waals surface area contributed by atoms with Gasteiger partial charge in [0, 0.05) is 30.5 Å². The lowest BCUT2D eigenvalue weighted by Gasteiger charge is -2.13. The number of carbonyl (C=O) groups excluding carboxylic acids is 1. The maximum absolute atomic E-state index is 13.0. The maximum Gasteiger partial charge on any atom is 0.516 e. The minimum atomic E-state index is -5.64. The highest BCUT2D eigenvalue weighted by Crippen LogP contribution is 2.42. The van der Waals surface area contributed by atoms with E-state index >= 15 is 0 Å². The predicted octanol–water partition coefficient (Wildman–Crippen LogP) is 6.38. The summed E-state index contributed by atoms with van der Waals surface area (Å²) < 4.78 is 72.6. The fourth-order valence-corrected chi connectivity index (χ4v) is 5.80. The molecule has 8 nitrogen and oxygen atoms in total. The van der Waals surface area contributed by atoms with E-state index < -0.39 is 15.5 Å². The number of amides is 1. The first kappa shape index (κ1) is 28.2. The molecule has 13 heteroatoms. The van der Waals surface area contributed by atoms with Crippen molar-refractivity contribution < 1.29 is 30.8 Å². The van der Waals surface area contributed by atoms with Gasteiger partial charge >= 0.3 is 15.5 Å². The fraction of sp³-hybridized carbons (Fsp3) is 0.333. The Kier molecular flexibility index (Phi) is 7.47. The number of benzene rings is 2. The Morgan fingerprint density at radius 1 is 1.20 bits per heavy atom. The number of nitrogens with zero attached hydrogens (tertiary/aromatic N) is 2. The average molecular weight is 639 g/mol. The fourth-order valence-electron chi connectivity index (χ4n) is 4.61. The van der Waals surface area contributed by atoms with Crippen LogP contribution in [0.15, 0.2) is 51.4 Å². The average Bonchev–Trinajstić information content (AvgIpc) is 3.57. The zero-order valence-electron chi connectivity index (χ0n) is 21.6. The molecule has 4 aromatic rings. The first-order chi connectivity index (χ1) is 18.9. The van der Waals surface area contributed by atoms with Gasteiger partial charge in [0.05, 0.1) is 15.9 Å². The molecule has 2 aromatic heterocycles. The number of aryl methyl sites for hydroxylation is 1. The number of furan rings is 1. The van der Waals surface area contributed by atoms with Crippen molar-refractivity contribution in [3.8, 4) is 11.3 Å². The summed E-state index contributed by atoms with van der Waals surface area (Å²) in [4.78, 5) is 17.6. The molecule has 40 heavy (non-hydrogen) atoms. The molecule has 1 aliphatic carbocycles. The minimum Gasteiger partial charge on any atom is -0.455 e. The van der Waals surface area contributed by atoms with E-state index in [9.17, 15) is 26.4 Å². The third-order valence-electron chi connectivity index (χ3n) is 6.69. The topological polar surface area (TPSA) is 106 Å². The molecule has 0 spiro atoms. The maximum atomic E-state index is 13.0. The van der Waals surface area contributed by atoms with E-state index in [-0.39, 0.29) is 22.9 Å². The van der Waals surface area contributed by atoms with Crippen molar-refractivity contribution in [1.82, 2.24) is 14.9 Å². The molecule has 0 bridgehead atoms. The van der Waals surface area contributed by atoms with Crippen LogP contribution in [0.4, 0.5) is 18.9 Å². The molecule has 212 valence electrons. The van der Waals surface area contributed by atoms with E-state index in [0.29, 0.717) is 45.8 Å². The van der Waals surface area contributed by atoms with Gasteiger partial charge in [-0.3, -0.25) is 9.52 Å². The molecule has 0 aliphatic heterocycles. The summed E-state index contributed by atoms with van der Waals surface area (Å²) in [5.74, 6) is 1.38. The Morgan fingerprint density at radius 3 is 2.60 bits per heavy atom. The van der Waals surface area contributed by atoms with E-state index in [0.717, 1.165) is 30.7 Å². The van der Waals surface area contributed by atoms with Crippen LogP contribution in [0.3, 0.4) is 0 Å². The third-order valence-corrected chi connectivity index (χ3v) is 8.58. The molecule has 0 unspecified atom stereocenters. The second-order valence-corrected chi connectivity index (χ2v) is 12.2. The smallest absolute Gasteiger partial charge is 0.455 e. The monoisotopic (exact) mass is 638 g/mol. The summed E-state index contributed by atoms with van der Waals surface area (Å²) in [5, 5.41) is 3.50. The number of hydrogen-bond donors (Lipinski definition) is 2. The predicted molar refractivity (Wildman–Crippen MR) is 148 cm³/mol. The van der Waals surface area contributed by atoms with Crippen LogP contribution in [0.5, 0.6) is 0 Å². The van der Waals surface area contributed by atoms with Crippen molar-refractivity contribution in [2.75, 3.05) is 11.3 Å². The second kappa shape index (κ2) is 10.6. The molecular weight excluding hydrogens is 613 g/mol. The third kappa shape index (κ3) is 5.49. The summed E-state index contributed by atoms with van der Waals surface area (Å²) in [6.07, 6.45) is 3.06. The summed E-state index contributed by atoms with van der Waals surface area (Å²) in [6.45, 7) is 4.54. The number of rotatable bonds is 9. The Bertz CT molecular complexity index is 1710. The molecule has 5 rings (SSSR count). The molecule has 1 fully saturated rings. The first-order valence-electron chi connectivity index (χ1n) is 12.6. The molecule has 2 heterocycles. The van der Waals surface area contributed by atoms with Crippen LogP contribution in [0.2, 0.25) is 0 Å². The van der Waals surface area contributed by atoms with Gasteiger partial charge in [0.15, 0.2) is 5.76 Å². The SMILES string of the molecule is CCNC(=O)c1c(C)nc(CC2CC2)n1Cc1ccc2oc(-c3ccccc3NS(=O)(=O)C(F)(F)F)c(Br)c2c1. The number of sulfonamides is 1. The van der Waals surface area contributed by atoms with E-state index in [1.165, 1.54) is 18.2 Å². The highest BCUT2D eigenvalue weighted by molar-refractivity contribution is 9.10. The summed E-state index contributed by atoms with van der Waals surface area (Å²) in [7, 11) is -5.64. The van der Waals surface area contributed by atoms with Crippen LogP contribution < -0.4 is 10.0 Å². The number of fused-ring (bicyclic) bond motifs is 1. The Labute approximate surface area is 237 Å². The highest BCUT2D eigenvalue weighted by Gasteiger charge is 2.46. The van der Waals surface area contributed by atoms with Crippen LogP contribution in [-0.4, -0.2) is 35.9 Å². The van der Waals surface area contributed by atoms with Gasteiger partial charge in [-0.25, -0.2) is 4.98 Å². The zero-order chi connectivity index (χ0) is 28.8. The number of hydrogen-bond acceptors (Lipinski definition) is 5. The molecule has 2 aromatic carbocycles. The second-order valence-electron chi connectivity index (χ2n) is 9.73. The van der Waals surface area contributed by atoms with Gasteiger partial charge in [-0.1, -0.05) is 18.2 Å². The molecule has 1 amide bonds. The lowest BCUT2D eigenvalue weighted by Crippen LogP contribution is -2.30. The number of halogens is 4. The van der Waals surface area contributed by atoms with Crippen LogP contribution in [0.1, 0.15) is 47.3 Å². The lowest BCUT2D eigenvalue weighted by molar-refractivity contribution is -0.0429. The number of nitrogens with one attached hydrogen (secondary N) is 2. The lowest BCUT2D eigenvalue weighted by atomic mass is 10.1. The van der Waals surface area contributed by atoms with Crippen molar-refractivity contribution in [2.45, 2.75) is 45.2 Å². The Hall–Kier alpha value is -3.32. The van der Waals surface area contributed by atoms with Crippen LogP contribution in [0.25, 0.3) is 22.3 Å². The molecular formula is C27H26BrF3N4O4S. The van der Waals surface area contributed by atoms with E-state index in [2.05, 4.69) is 21.2 Å². The molecule has 0 saturated heterocycles. The number of imidazole rings is 1. The van der Waals surface area contributed by atoms with Gasteiger partial charge in [-0.2, -0.15) is 21.6 Å². The van der Waals surface area contributed by atoms with Gasteiger partial charge in [0.2, 0.25) is 0 Å². The zero-order valence-corrected chi connectivity index (χ0v) is 24.0. The first-order valence-corrected chi connectivity index (χ1v) is 14.9. The van der Waals surface area contributed by atoms with Crippen LogP contribution >= 0.6 is 15.9 Å². The van der Waals surface area contributed by atoms with Gasteiger partial charge in [-0.15, -0.1) is 0 Å². The van der Waals surface area contributed by atoms with Crippen molar-refractivity contribution in [3.05, 3.63) is 69.7 Å². The molecule has 1 saturated carbocycles. The molecule has 2 N–H and O–H groups in total. The van der Waals surface area contributed by atoms with Gasteiger partial charge in [-0.05, 0) is 78.4 Å². The van der Waals surface area contributed by atoms with Crippen molar-refractivity contribution in [2.24, 2.45) is 5.92 Å². The van der Waals surface area contributed by atoms with Gasteiger partial charge < -0.3 is 14.3 Å². The molecule has 0 radical (unpaired) electrons.